The lowest BCUT2D eigenvalue weighted by Gasteiger charge is -2.11. The van der Waals surface area contributed by atoms with Crippen molar-refractivity contribution in [1.82, 2.24) is 4.98 Å². The Hall–Kier alpha value is -1.27. The van der Waals surface area contributed by atoms with E-state index in [1.165, 1.54) is 24.9 Å². The molecule has 1 rings (SSSR count). The van der Waals surface area contributed by atoms with E-state index in [1.807, 2.05) is 6.92 Å². The molecule has 1 atom stereocenters. The predicted octanol–water partition coefficient (Wildman–Crippen LogP) is 1.31. The molecule has 94 valence electrons. The Bertz CT molecular complexity index is 398. The van der Waals surface area contributed by atoms with Gasteiger partial charge in [0.15, 0.2) is 0 Å². The van der Waals surface area contributed by atoms with Gasteiger partial charge in [-0.2, -0.15) is 0 Å². The number of nitrogens with two attached hydrogens (primary N) is 1. The van der Waals surface area contributed by atoms with Gasteiger partial charge in [-0.05, 0) is 18.6 Å². The number of aromatic nitrogens is 1. The number of ether oxygens (including phenoxy) is 1. The molecule has 0 radical (unpaired) electrons. The maximum Gasteiger partial charge on any atom is 0.356 e. The van der Waals surface area contributed by atoms with Gasteiger partial charge in [0.2, 0.25) is 0 Å². The van der Waals surface area contributed by atoms with Gasteiger partial charge in [0.1, 0.15) is 10.7 Å². The molecular formula is C11H16N2O3S. The third kappa shape index (κ3) is 3.90. The smallest absolute Gasteiger partial charge is 0.356 e. The summed E-state index contributed by atoms with van der Waals surface area (Å²) in [6.07, 6.45) is 0.647. The highest BCUT2D eigenvalue weighted by atomic mass is 32.2. The Kier molecular flexibility index (Phi) is 5.24. The van der Waals surface area contributed by atoms with Crippen molar-refractivity contribution in [1.29, 1.82) is 0 Å². The second kappa shape index (κ2) is 6.46. The van der Waals surface area contributed by atoms with Crippen molar-refractivity contribution in [3.63, 3.8) is 0 Å². The van der Waals surface area contributed by atoms with Crippen LogP contribution in [0.3, 0.4) is 0 Å². The molecule has 0 amide bonds. The standard InChI is InChI=1S/C11H16N2O3S/c1-7(5-6-14)17-10-8(12)3-4-9(13-10)11(15)16-2/h3-4,7,14H,5-6,12H2,1-2H3. The lowest BCUT2D eigenvalue weighted by Crippen LogP contribution is -2.07. The van der Waals surface area contributed by atoms with E-state index >= 15 is 0 Å². The molecule has 0 saturated heterocycles. The molecule has 0 aromatic carbocycles. The fourth-order valence-electron chi connectivity index (χ4n) is 1.20. The Morgan fingerprint density at radius 2 is 2.35 bits per heavy atom. The Morgan fingerprint density at radius 3 is 2.94 bits per heavy atom. The molecule has 0 aliphatic carbocycles. The number of rotatable bonds is 5. The first-order valence-electron chi connectivity index (χ1n) is 5.20. The molecule has 0 aliphatic heterocycles. The molecular weight excluding hydrogens is 240 g/mol. The number of hydrogen-bond donors (Lipinski definition) is 2. The lowest BCUT2D eigenvalue weighted by atomic mass is 10.3. The highest BCUT2D eigenvalue weighted by Crippen LogP contribution is 2.28. The second-order valence-corrected chi connectivity index (χ2v) is 4.95. The Balaban J connectivity index is 2.86. The van der Waals surface area contributed by atoms with Crippen molar-refractivity contribution >= 4 is 23.4 Å². The van der Waals surface area contributed by atoms with Crippen molar-refractivity contribution in [2.75, 3.05) is 19.5 Å². The van der Waals surface area contributed by atoms with Gasteiger partial charge in [-0.15, -0.1) is 11.8 Å². The first-order chi connectivity index (χ1) is 8.08. The molecule has 0 aliphatic rings. The van der Waals surface area contributed by atoms with Crippen molar-refractivity contribution in [3.8, 4) is 0 Å². The summed E-state index contributed by atoms with van der Waals surface area (Å²) in [5, 5.41) is 9.60. The number of anilines is 1. The molecule has 6 heteroatoms. The minimum atomic E-state index is -0.485. The summed E-state index contributed by atoms with van der Waals surface area (Å²) in [4.78, 5) is 15.5. The first-order valence-corrected chi connectivity index (χ1v) is 6.08. The second-order valence-electron chi connectivity index (χ2n) is 3.52. The van der Waals surface area contributed by atoms with E-state index in [4.69, 9.17) is 10.8 Å². The molecule has 0 spiro atoms. The molecule has 3 N–H and O–H groups in total. The van der Waals surface area contributed by atoms with Crippen molar-refractivity contribution in [2.24, 2.45) is 0 Å². The van der Waals surface area contributed by atoms with Crippen LogP contribution < -0.4 is 5.73 Å². The van der Waals surface area contributed by atoms with Gasteiger partial charge < -0.3 is 15.6 Å². The van der Waals surface area contributed by atoms with Crippen LogP contribution in [0.2, 0.25) is 0 Å². The summed E-state index contributed by atoms with van der Waals surface area (Å²) in [6.45, 7) is 2.08. The van der Waals surface area contributed by atoms with Gasteiger partial charge in [-0.3, -0.25) is 0 Å². The number of carbonyl (C=O) groups excluding carboxylic acids is 1. The molecule has 0 saturated carbocycles. The van der Waals surface area contributed by atoms with Gasteiger partial charge >= 0.3 is 5.97 Å². The van der Waals surface area contributed by atoms with Crippen LogP contribution in [0.15, 0.2) is 17.2 Å². The Morgan fingerprint density at radius 1 is 1.65 bits per heavy atom. The molecule has 0 bridgehead atoms. The first kappa shape index (κ1) is 13.8. The minimum Gasteiger partial charge on any atom is -0.464 e. The molecule has 1 aromatic rings. The summed E-state index contributed by atoms with van der Waals surface area (Å²) in [5.74, 6) is -0.485. The summed E-state index contributed by atoms with van der Waals surface area (Å²) >= 11 is 1.43. The largest absolute Gasteiger partial charge is 0.464 e. The van der Waals surface area contributed by atoms with Crippen LogP contribution in [0.4, 0.5) is 5.69 Å². The van der Waals surface area contributed by atoms with Crippen LogP contribution in [0, 0.1) is 0 Å². The molecule has 1 heterocycles. The van der Waals surface area contributed by atoms with Crippen molar-refractivity contribution in [2.45, 2.75) is 23.6 Å². The minimum absolute atomic E-state index is 0.116. The highest BCUT2D eigenvalue weighted by Gasteiger charge is 2.13. The summed E-state index contributed by atoms with van der Waals surface area (Å²) in [7, 11) is 1.31. The van der Waals surface area contributed by atoms with E-state index in [9.17, 15) is 4.79 Å². The summed E-state index contributed by atoms with van der Waals surface area (Å²) in [5.41, 5.74) is 6.53. The van der Waals surface area contributed by atoms with Gasteiger partial charge in [-0.1, -0.05) is 6.92 Å². The average molecular weight is 256 g/mol. The number of nitrogens with zero attached hydrogens (tertiary/aromatic N) is 1. The van der Waals surface area contributed by atoms with E-state index in [0.29, 0.717) is 17.1 Å². The number of pyridine rings is 1. The maximum atomic E-state index is 11.3. The normalized spacial score (nSPS) is 12.2. The molecule has 5 nitrogen and oxygen atoms in total. The monoisotopic (exact) mass is 256 g/mol. The molecule has 1 unspecified atom stereocenters. The van der Waals surface area contributed by atoms with Crippen molar-refractivity contribution < 1.29 is 14.6 Å². The van der Waals surface area contributed by atoms with E-state index in [2.05, 4.69) is 9.72 Å². The number of carbonyl (C=O) groups is 1. The number of methoxy groups -OCH3 is 1. The number of aliphatic hydroxyl groups excluding tert-OH is 1. The van der Waals surface area contributed by atoms with Gasteiger partial charge in [0.05, 0.1) is 12.8 Å². The number of hydrogen-bond acceptors (Lipinski definition) is 6. The van der Waals surface area contributed by atoms with E-state index in [-0.39, 0.29) is 17.6 Å². The number of nitrogen functional groups attached to an aromatic ring is 1. The topological polar surface area (TPSA) is 85.4 Å². The zero-order valence-corrected chi connectivity index (χ0v) is 10.7. The number of thioether (sulfide) groups is 1. The van der Waals surface area contributed by atoms with E-state index in [0.717, 1.165) is 0 Å². The average Bonchev–Trinajstić information content (AvgIpc) is 2.31. The van der Waals surface area contributed by atoms with E-state index < -0.39 is 5.97 Å². The van der Waals surface area contributed by atoms with Crippen LogP contribution in [-0.2, 0) is 4.74 Å². The van der Waals surface area contributed by atoms with Crippen molar-refractivity contribution in [3.05, 3.63) is 17.8 Å². The van der Waals surface area contributed by atoms with Crippen LogP contribution >= 0.6 is 11.8 Å². The lowest BCUT2D eigenvalue weighted by molar-refractivity contribution is 0.0593. The van der Waals surface area contributed by atoms with Crippen LogP contribution in [-0.4, -0.2) is 35.0 Å². The molecule has 1 aromatic heterocycles. The maximum absolute atomic E-state index is 11.3. The SMILES string of the molecule is COC(=O)c1ccc(N)c(SC(C)CCO)n1. The summed E-state index contributed by atoms with van der Waals surface area (Å²) < 4.78 is 4.59. The fraction of sp³-hybridized carbons (Fsp3) is 0.455. The predicted molar refractivity (Wildman–Crippen MR) is 67.0 cm³/mol. The van der Waals surface area contributed by atoms with E-state index in [1.54, 1.807) is 6.07 Å². The quantitative estimate of drug-likeness (QED) is 0.610. The van der Waals surface area contributed by atoms with Crippen LogP contribution in [0.1, 0.15) is 23.8 Å². The molecule has 17 heavy (non-hydrogen) atoms. The van der Waals surface area contributed by atoms with Gasteiger partial charge in [-0.25, -0.2) is 9.78 Å². The number of aliphatic hydroxyl groups is 1. The van der Waals surface area contributed by atoms with Gasteiger partial charge in [0, 0.05) is 11.9 Å². The van der Waals surface area contributed by atoms with Crippen LogP contribution in [0.25, 0.3) is 0 Å². The third-order valence-corrected chi connectivity index (χ3v) is 3.32. The van der Waals surface area contributed by atoms with Gasteiger partial charge in [0.25, 0.3) is 0 Å². The third-order valence-electron chi connectivity index (χ3n) is 2.13. The van der Waals surface area contributed by atoms with Crippen LogP contribution in [0.5, 0.6) is 0 Å². The Labute approximate surface area is 104 Å². The number of esters is 1. The zero-order valence-electron chi connectivity index (χ0n) is 9.84. The zero-order chi connectivity index (χ0) is 12.8. The molecule has 0 fully saturated rings. The highest BCUT2D eigenvalue weighted by molar-refractivity contribution is 8.00. The summed E-state index contributed by atoms with van der Waals surface area (Å²) in [6, 6.07) is 3.16. The fourth-order valence-corrected chi connectivity index (χ4v) is 2.15.